The minimum Gasteiger partial charge on any atom is -0.316 e. The van der Waals surface area contributed by atoms with Crippen LogP contribution < -0.4 is 10.6 Å². The van der Waals surface area contributed by atoms with Gasteiger partial charge < -0.3 is 15.5 Å². The maximum absolute atomic E-state index is 13.3. The van der Waals surface area contributed by atoms with Gasteiger partial charge in [-0.25, -0.2) is 9.18 Å². The van der Waals surface area contributed by atoms with Crippen molar-refractivity contribution in [2.45, 2.75) is 19.5 Å². The molecule has 2 aromatic rings. The van der Waals surface area contributed by atoms with Crippen LogP contribution in [0.15, 0.2) is 48.5 Å². The van der Waals surface area contributed by atoms with Crippen LogP contribution in [0.3, 0.4) is 0 Å². The molecule has 142 valence electrons. The first-order valence-electron chi connectivity index (χ1n) is 8.78. The molecule has 27 heavy (non-hydrogen) atoms. The molecule has 2 aromatic carbocycles. The lowest BCUT2D eigenvalue weighted by Gasteiger charge is -2.17. The van der Waals surface area contributed by atoms with Crippen molar-refractivity contribution in [3.63, 3.8) is 0 Å². The van der Waals surface area contributed by atoms with Gasteiger partial charge in [0.15, 0.2) is 0 Å². The van der Waals surface area contributed by atoms with Gasteiger partial charge in [0.2, 0.25) is 0 Å². The molecular weight excluding hydrogens is 380 g/mol. The summed E-state index contributed by atoms with van der Waals surface area (Å²) in [5, 5.41) is 6.23. The summed E-state index contributed by atoms with van der Waals surface area (Å²) in [5.74, 6) is -0.260. The Bertz CT molecular complexity index is 842. The first kappa shape index (κ1) is 19.9. The Balaban J connectivity index is 0.00000102. The van der Waals surface area contributed by atoms with Crippen LogP contribution in [0.1, 0.15) is 23.1 Å². The second-order valence-electron chi connectivity index (χ2n) is 6.46. The molecule has 0 bridgehead atoms. The highest BCUT2D eigenvalue weighted by Gasteiger charge is 2.23. The fourth-order valence-corrected chi connectivity index (χ4v) is 3.36. The van der Waals surface area contributed by atoms with Crippen molar-refractivity contribution in [2.75, 3.05) is 18.4 Å². The molecule has 1 unspecified atom stereocenters. The van der Waals surface area contributed by atoms with Gasteiger partial charge in [0, 0.05) is 25.3 Å². The number of fused-ring (bicyclic) bond motifs is 1. The molecule has 1 atom stereocenters. The fourth-order valence-electron chi connectivity index (χ4n) is 3.36. The van der Waals surface area contributed by atoms with Gasteiger partial charge in [0.25, 0.3) is 0 Å². The summed E-state index contributed by atoms with van der Waals surface area (Å²) in [4.78, 5) is 14.1. The van der Waals surface area contributed by atoms with E-state index in [1.54, 1.807) is 11.0 Å². The number of halogens is 1. The van der Waals surface area contributed by atoms with Crippen molar-refractivity contribution >= 4 is 38.0 Å². The third-order valence-electron chi connectivity index (χ3n) is 4.75. The van der Waals surface area contributed by atoms with Crippen molar-refractivity contribution in [3.05, 3.63) is 71.0 Å². The third-order valence-corrected chi connectivity index (χ3v) is 4.75. The van der Waals surface area contributed by atoms with E-state index in [1.165, 1.54) is 23.3 Å². The van der Waals surface area contributed by atoms with Crippen LogP contribution in [-0.4, -0.2) is 24.0 Å². The summed E-state index contributed by atoms with van der Waals surface area (Å²) in [6, 6.07) is 12.5. The highest BCUT2D eigenvalue weighted by atomic mass is 32.7. The maximum Gasteiger partial charge on any atom is 0.322 e. The van der Waals surface area contributed by atoms with Crippen LogP contribution in [0.5, 0.6) is 0 Å². The first-order chi connectivity index (χ1) is 13.2. The molecule has 0 fully saturated rings. The zero-order chi connectivity index (χ0) is 19.2. The van der Waals surface area contributed by atoms with Crippen molar-refractivity contribution in [1.82, 2.24) is 10.2 Å². The average molecular weight is 403 g/mol. The van der Waals surface area contributed by atoms with E-state index in [0.717, 1.165) is 36.3 Å². The van der Waals surface area contributed by atoms with Gasteiger partial charge in [-0.15, -0.1) is 0 Å². The summed E-state index contributed by atoms with van der Waals surface area (Å²) in [7, 11) is 2.11. The van der Waals surface area contributed by atoms with E-state index >= 15 is 0 Å². The van der Waals surface area contributed by atoms with Crippen LogP contribution in [0, 0.1) is 5.82 Å². The number of hydrogen-bond donors (Lipinski definition) is 3. The van der Waals surface area contributed by atoms with Gasteiger partial charge in [-0.3, -0.25) is 0 Å². The number of carbonyl (C=O) groups excluding carboxylic acids is 1. The molecule has 0 saturated heterocycles. The Kier molecular flexibility index (Phi) is 6.89. The standard InChI is InChI=1S/C20H20FN3O.H3PS/c21-18-4-1-16-12-24(13-17(16)11-18)20(25)23-19-5-2-14(3-6-19)15-7-9-22-10-8-15;1-2/h1-7,11,22H,8-10,12-13H2,(H,23,25);2H,1H2. The second kappa shape index (κ2) is 9.36. The molecule has 0 radical (unpaired) electrons. The number of nitrogens with one attached hydrogen (secondary N) is 2. The number of urea groups is 1. The first-order valence-corrected chi connectivity index (χ1v) is 10.8. The summed E-state index contributed by atoms with van der Waals surface area (Å²) in [5.41, 5.74) is 5.19. The van der Waals surface area contributed by atoms with E-state index in [2.05, 4.69) is 37.4 Å². The molecule has 4 rings (SSSR count). The number of carbonyl (C=O) groups is 1. The zero-order valence-corrected chi connectivity index (χ0v) is 17.0. The Morgan fingerprint density at radius 2 is 1.85 bits per heavy atom. The number of nitrogens with zero attached hydrogens (tertiary/aromatic N) is 1. The van der Waals surface area contributed by atoms with E-state index in [4.69, 9.17) is 0 Å². The predicted octanol–water partition coefficient (Wildman–Crippen LogP) is 4.46. The molecule has 2 N–H and O–H groups in total. The summed E-state index contributed by atoms with van der Waals surface area (Å²) >= 11 is 3.44. The van der Waals surface area contributed by atoms with Crippen LogP contribution in [0.4, 0.5) is 14.9 Å². The highest BCUT2D eigenvalue weighted by Crippen LogP contribution is 2.25. The topological polar surface area (TPSA) is 44.4 Å². The van der Waals surface area contributed by atoms with Crippen LogP contribution in [0.2, 0.25) is 0 Å². The lowest BCUT2D eigenvalue weighted by atomic mass is 10.0. The van der Waals surface area contributed by atoms with E-state index in [-0.39, 0.29) is 11.8 Å². The minimum absolute atomic E-state index is 0.162. The molecule has 7 heteroatoms. The molecule has 2 aliphatic heterocycles. The predicted molar refractivity (Wildman–Crippen MR) is 115 cm³/mol. The van der Waals surface area contributed by atoms with Crippen molar-refractivity contribution in [2.24, 2.45) is 0 Å². The van der Waals surface area contributed by atoms with Crippen molar-refractivity contribution in [1.29, 1.82) is 0 Å². The Morgan fingerprint density at radius 1 is 1.11 bits per heavy atom. The average Bonchev–Trinajstić information content (AvgIpc) is 3.14. The smallest absolute Gasteiger partial charge is 0.316 e. The molecular formula is C20H23FN3OPS. The molecule has 0 aliphatic carbocycles. The van der Waals surface area contributed by atoms with Gasteiger partial charge in [-0.05, 0) is 59.5 Å². The second-order valence-corrected chi connectivity index (χ2v) is 6.46. The highest BCUT2D eigenvalue weighted by molar-refractivity contribution is 8.31. The number of anilines is 1. The van der Waals surface area contributed by atoms with Crippen LogP contribution >= 0.6 is 20.7 Å². The van der Waals surface area contributed by atoms with Gasteiger partial charge in [-0.2, -0.15) is 12.2 Å². The molecule has 4 nitrogen and oxygen atoms in total. The van der Waals surface area contributed by atoms with Gasteiger partial charge in [-0.1, -0.05) is 32.7 Å². The Morgan fingerprint density at radius 3 is 2.56 bits per heavy atom. The number of rotatable bonds is 2. The lowest BCUT2D eigenvalue weighted by molar-refractivity contribution is 0.212. The summed E-state index contributed by atoms with van der Waals surface area (Å²) in [6.45, 7) is 2.86. The number of benzene rings is 2. The monoisotopic (exact) mass is 403 g/mol. The summed E-state index contributed by atoms with van der Waals surface area (Å²) in [6.07, 6.45) is 3.23. The molecule has 2 amide bonds. The number of thiol groups is 1. The van der Waals surface area contributed by atoms with Crippen LogP contribution in [0.25, 0.3) is 5.57 Å². The van der Waals surface area contributed by atoms with E-state index < -0.39 is 0 Å². The van der Waals surface area contributed by atoms with E-state index in [1.807, 2.05) is 24.3 Å². The molecule has 2 aliphatic rings. The maximum atomic E-state index is 13.3. The molecule has 2 heterocycles. The SMILES string of the molecule is O=C(Nc1ccc(C2=CCNCC2)cc1)N1Cc2ccc(F)cc2C1.PS. The van der Waals surface area contributed by atoms with E-state index in [9.17, 15) is 9.18 Å². The molecule has 0 spiro atoms. The normalized spacial score (nSPS) is 15.4. The van der Waals surface area contributed by atoms with Gasteiger partial charge in [0.1, 0.15) is 5.82 Å². The molecule has 0 saturated carbocycles. The number of amides is 2. The van der Waals surface area contributed by atoms with Crippen molar-refractivity contribution in [3.8, 4) is 0 Å². The molecule has 0 aromatic heterocycles. The Hall–Kier alpha value is -1.88. The zero-order valence-electron chi connectivity index (χ0n) is 14.9. The largest absolute Gasteiger partial charge is 0.322 e. The Labute approximate surface area is 166 Å². The van der Waals surface area contributed by atoms with Crippen molar-refractivity contribution < 1.29 is 9.18 Å². The third kappa shape index (κ3) is 4.89. The van der Waals surface area contributed by atoms with E-state index in [0.29, 0.717) is 13.1 Å². The quantitative estimate of drug-likeness (QED) is 0.512. The number of hydrogen-bond acceptors (Lipinski definition) is 3. The van der Waals surface area contributed by atoms with Crippen LogP contribution in [-0.2, 0) is 13.1 Å². The van der Waals surface area contributed by atoms with Gasteiger partial charge >= 0.3 is 6.03 Å². The lowest BCUT2D eigenvalue weighted by Crippen LogP contribution is -2.30. The van der Waals surface area contributed by atoms with Gasteiger partial charge in [0.05, 0.1) is 0 Å². The fraction of sp³-hybridized carbons (Fsp3) is 0.250. The summed E-state index contributed by atoms with van der Waals surface area (Å²) < 4.78 is 13.3. The minimum atomic E-state index is -0.260.